The molecule has 2 aromatic heterocycles. The summed E-state index contributed by atoms with van der Waals surface area (Å²) in [7, 11) is -3.40. The van der Waals surface area contributed by atoms with Crippen molar-refractivity contribution in [3.8, 4) is 0 Å². The Kier molecular flexibility index (Phi) is 9.62. The number of nitrogens with zero attached hydrogens (tertiary/aromatic N) is 2. The van der Waals surface area contributed by atoms with Crippen molar-refractivity contribution in [2.75, 3.05) is 12.8 Å². The van der Waals surface area contributed by atoms with Crippen LogP contribution in [-0.2, 0) is 10.0 Å². The maximum atomic E-state index is 12.6. The first-order valence-electron chi connectivity index (χ1n) is 10.7. The first-order valence-corrected chi connectivity index (χ1v) is 20.9. The van der Waals surface area contributed by atoms with Crippen LogP contribution in [0, 0.1) is 0 Å². The summed E-state index contributed by atoms with van der Waals surface area (Å²) in [6.07, 6.45) is 12.6. The van der Waals surface area contributed by atoms with Crippen molar-refractivity contribution in [2.45, 2.75) is 72.6 Å². The van der Waals surface area contributed by atoms with Crippen molar-refractivity contribution in [3.05, 3.63) is 18.2 Å². The molecule has 0 radical (unpaired) electrons. The van der Waals surface area contributed by atoms with E-state index in [1.807, 2.05) is 4.40 Å². The molecule has 9 heteroatoms. The van der Waals surface area contributed by atoms with Crippen LogP contribution in [0.1, 0.15) is 69.8 Å². The number of hydrogen-bond acceptors (Lipinski definition) is 5. The topological polar surface area (TPSA) is 80.5 Å². The number of rotatable bonds is 14. The third-order valence-corrected chi connectivity index (χ3v) is 25.5. The van der Waals surface area contributed by atoms with Crippen molar-refractivity contribution < 1.29 is 13.2 Å². The zero-order valence-corrected chi connectivity index (χ0v) is 22.6. The van der Waals surface area contributed by atoms with E-state index in [1.165, 1.54) is 54.7 Å². The Morgan fingerprint density at radius 1 is 1.10 bits per heavy atom. The molecular weight excluding hydrogens is 513 g/mol. The first-order chi connectivity index (χ1) is 13.8. The third kappa shape index (κ3) is 6.77. The number of imidazole rings is 1. The van der Waals surface area contributed by atoms with Gasteiger partial charge in [-0.1, -0.05) is 0 Å². The fourth-order valence-corrected chi connectivity index (χ4v) is 24.2. The van der Waals surface area contributed by atoms with Crippen LogP contribution in [0.4, 0.5) is 0 Å². The van der Waals surface area contributed by atoms with Gasteiger partial charge in [-0.15, -0.1) is 0 Å². The van der Waals surface area contributed by atoms with Gasteiger partial charge in [0.2, 0.25) is 0 Å². The Bertz CT molecular complexity index is 884. The van der Waals surface area contributed by atoms with Crippen LogP contribution < -0.4 is 7.62 Å². The van der Waals surface area contributed by atoms with Gasteiger partial charge in [0.25, 0.3) is 0 Å². The summed E-state index contributed by atoms with van der Waals surface area (Å²) < 4.78 is 32.6. The van der Waals surface area contributed by atoms with E-state index in [-0.39, 0.29) is 12.3 Å². The maximum absolute atomic E-state index is 12.6. The van der Waals surface area contributed by atoms with E-state index in [0.29, 0.717) is 5.69 Å². The number of unbranched alkanes of at least 4 members (excludes halogenated alkanes) is 3. The van der Waals surface area contributed by atoms with Gasteiger partial charge in [0, 0.05) is 0 Å². The quantitative estimate of drug-likeness (QED) is 0.284. The van der Waals surface area contributed by atoms with Crippen LogP contribution in [0.5, 0.6) is 0 Å². The van der Waals surface area contributed by atoms with Crippen molar-refractivity contribution in [1.82, 2.24) is 14.1 Å². The monoisotopic (exact) mass is 549 g/mol. The van der Waals surface area contributed by atoms with Gasteiger partial charge >= 0.3 is 184 Å². The van der Waals surface area contributed by atoms with Gasteiger partial charge in [-0.05, 0) is 0 Å². The number of fused-ring (bicyclic) bond motifs is 1. The molecule has 0 unspecified atom stereocenters. The van der Waals surface area contributed by atoms with Gasteiger partial charge in [-0.3, -0.25) is 0 Å². The number of carbonyl (C=O) groups is 1. The minimum absolute atomic E-state index is 0.241. The number of thiazole rings is 1. The fourth-order valence-electron chi connectivity index (χ4n) is 3.81. The molecule has 29 heavy (non-hydrogen) atoms. The predicted molar refractivity (Wildman–Crippen MR) is 125 cm³/mol. The van der Waals surface area contributed by atoms with E-state index in [1.54, 1.807) is 17.7 Å². The van der Waals surface area contributed by atoms with Gasteiger partial charge < -0.3 is 0 Å². The Balaban J connectivity index is 2.39. The molecule has 0 saturated heterocycles. The number of carbonyl (C=O) groups excluding carboxylic acids is 1. The van der Waals surface area contributed by atoms with E-state index in [0.717, 1.165) is 11.1 Å². The summed E-state index contributed by atoms with van der Waals surface area (Å²) >= 11 is -0.811. The van der Waals surface area contributed by atoms with Crippen LogP contribution in [-0.4, -0.2) is 54.8 Å². The first kappa shape index (κ1) is 24.8. The van der Waals surface area contributed by atoms with Gasteiger partial charge in [0.15, 0.2) is 0 Å². The Morgan fingerprint density at radius 3 is 2.14 bits per heavy atom. The minimum atomic E-state index is -3.40. The Labute approximate surface area is 183 Å². The average molecular weight is 548 g/mol. The third-order valence-electron chi connectivity index (χ3n) is 5.52. The molecule has 0 aliphatic heterocycles. The second-order valence-corrected chi connectivity index (χ2v) is 25.0. The second kappa shape index (κ2) is 11.2. The molecule has 0 saturated carbocycles. The van der Waals surface area contributed by atoms with Gasteiger partial charge in [0.1, 0.15) is 0 Å². The summed E-state index contributed by atoms with van der Waals surface area (Å²) in [4.78, 5) is 17.7. The SMILES string of the molecule is CCC[CH2][Sn]([CH2]CCC)([CH2]CCC)[c]1cn2cnc(C(=O)CNS(C)(=O)=O)c2s1. The van der Waals surface area contributed by atoms with E-state index in [4.69, 9.17) is 0 Å². The molecule has 2 rings (SSSR count). The molecule has 0 fully saturated rings. The fraction of sp³-hybridized carbons (Fsp3) is 0.700. The molecular formula is C20H35N3O3S2Sn. The van der Waals surface area contributed by atoms with Crippen LogP contribution in [0.15, 0.2) is 12.5 Å². The molecule has 2 aromatic rings. The summed E-state index contributed by atoms with van der Waals surface area (Å²) in [6, 6.07) is 0. The summed E-state index contributed by atoms with van der Waals surface area (Å²) in [6.45, 7) is 6.57. The zero-order valence-electron chi connectivity index (χ0n) is 18.2. The molecule has 164 valence electrons. The normalized spacial score (nSPS) is 12.7. The zero-order chi connectivity index (χ0) is 21.5. The molecule has 0 aliphatic carbocycles. The number of hydrogen-bond donors (Lipinski definition) is 1. The summed E-state index contributed by atoms with van der Waals surface area (Å²) in [5.41, 5.74) is 0.388. The van der Waals surface area contributed by atoms with Crippen LogP contribution in [0.2, 0.25) is 13.3 Å². The molecule has 0 atom stereocenters. The van der Waals surface area contributed by atoms with Crippen LogP contribution in [0.25, 0.3) is 4.83 Å². The Morgan fingerprint density at radius 2 is 1.66 bits per heavy atom. The van der Waals surface area contributed by atoms with Crippen LogP contribution >= 0.6 is 11.3 Å². The standard InChI is InChI=1S/C8H8N3O3S2.3C4H9.Sn/c1-16(13,14)10-4-6(12)7-8-11(5-9-7)2-3-15-8;3*1-3-4-2;/h2,5,10H,4H2,1H3;3*1,3-4H2,2H3;. The Hall–Kier alpha value is -0.451. The number of sulfonamides is 1. The average Bonchev–Trinajstić information content (AvgIpc) is 3.26. The van der Waals surface area contributed by atoms with Crippen molar-refractivity contribution in [3.63, 3.8) is 0 Å². The molecule has 0 aromatic carbocycles. The number of Topliss-reactive ketones (excluding diaryl/α,β-unsaturated/α-hetero) is 1. The van der Waals surface area contributed by atoms with E-state index in [2.05, 4.69) is 36.7 Å². The molecule has 1 N–H and O–H groups in total. The van der Waals surface area contributed by atoms with Crippen molar-refractivity contribution in [2.24, 2.45) is 0 Å². The molecule has 2 heterocycles. The molecule has 0 spiro atoms. The van der Waals surface area contributed by atoms with E-state index < -0.39 is 28.4 Å². The van der Waals surface area contributed by atoms with E-state index in [9.17, 15) is 13.2 Å². The molecule has 0 amide bonds. The van der Waals surface area contributed by atoms with Crippen molar-refractivity contribution >= 4 is 53.2 Å². The molecule has 0 bridgehead atoms. The van der Waals surface area contributed by atoms with Crippen LogP contribution in [0.3, 0.4) is 0 Å². The number of aromatic nitrogens is 2. The van der Waals surface area contributed by atoms with Gasteiger partial charge in [-0.2, -0.15) is 0 Å². The van der Waals surface area contributed by atoms with Crippen molar-refractivity contribution in [1.29, 1.82) is 0 Å². The molecule has 6 nitrogen and oxygen atoms in total. The van der Waals surface area contributed by atoms with Gasteiger partial charge in [-0.25, -0.2) is 0 Å². The summed E-state index contributed by atoms with van der Waals surface area (Å²) in [5.74, 6) is -0.275. The number of ketones is 1. The number of nitrogens with one attached hydrogen (secondary N) is 1. The van der Waals surface area contributed by atoms with E-state index >= 15 is 0 Å². The second-order valence-electron chi connectivity index (χ2n) is 8.01. The van der Waals surface area contributed by atoms with Gasteiger partial charge in [0.05, 0.1) is 0 Å². The molecule has 0 aliphatic rings. The predicted octanol–water partition coefficient (Wildman–Crippen LogP) is 4.18. The summed E-state index contributed by atoms with van der Waals surface area (Å²) in [5, 5.41) is 0.